The maximum atomic E-state index is 12.7. The lowest BCUT2D eigenvalue weighted by Gasteiger charge is -2.17. The van der Waals surface area contributed by atoms with Gasteiger partial charge < -0.3 is 14.8 Å². The van der Waals surface area contributed by atoms with Gasteiger partial charge in [0.1, 0.15) is 10.6 Å². The first-order valence-corrected chi connectivity index (χ1v) is 9.64. The van der Waals surface area contributed by atoms with Crippen LogP contribution in [0.1, 0.15) is 12.8 Å². The number of hydrogen-bond acceptors (Lipinski definition) is 5. The first-order chi connectivity index (χ1) is 11.0. The van der Waals surface area contributed by atoms with E-state index in [4.69, 9.17) is 21.1 Å². The Kier molecular flexibility index (Phi) is 7.15. The van der Waals surface area contributed by atoms with Gasteiger partial charge in [-0.1, -0.05) is 11.6 Å². The van der Waals surface area contributed by atoms with E-state index < -0.39 is 10.0 Å². The number of ether oxygens (including phenoxy) is 2. The summed E-state index contributed by atoms with van der Waals surface area (Å²) in [5, 5.41) is 3.50. The van der Waals surface area contributed by atoms with Crippen LogP contribution >= 0.6 is 24.0 Å². The Morgan fingerprint density at radius 3 is 2.88 bits per heavy atom. The Morgan fingerprint density at radius 1 is 1.38 bits per heavy atom. The first kappa shape index (κ1) is 19.8. The van der Waals surface area contributed by atoms with Crippen molar-refractivity contribution in [2.75, 3.05) is 32.9 Å². The molecule has 136 valence electrons. The second-order valence-electron chi connectivity index (χ2n) is 5.94. The van der Waals surface area contributed by atoms with Crippen molar-refractivity contribution in [1.29, 1.82) is 0 Å². The van der Waals surface area contributed by atoms with Gasteiger partial charge in [0, 0.05) is 30.1 Å². The van der Waals surface area contributed by atoms with Crippen LogP contribution in [-0.2, 0) is 14.8 Å². The van der Waals surface area contributed by atoms with Crippen molar-refractivity contribution in [2.45, 2.75) is 23.8 Å². The molecule has 0 bridgehead atoms. The van der Waals surface area contributed by atoms with Crippen molar-refractivity contribution < 1.29 is 17.9 Å². The van der Waals surface area contributed by atoms with Crippen LogP contribution in [0.3, 0.4) is 0 Å². The molecule has 2 fully saturated rings. The summed E-state index contributed by atoms with van der Waals surface area (Å²) in [6, 6.07) is 4.58. The van der Waals surface area contributed by atoms with Gasteiger partial charge >= 0.3 is 0 Å². The molecule has 6 nitrogen and oxygen atoms in total. The van der Waals surface area contributed by atoms with Gasteiger partial charge in [-0.3, -0.25) is 0 Å². The molecule has 0 spiro atoms. The molecule has 1 aromatic rings. The van der Waals surface area contributed by atoms with Gasteiger partial charge in [0.25, 0.3) is 0 Å². The Bertz CT molecular complexity index is 645. The summed E-state index contributed by atoms with van der Waals surface area (Å²) in [7, 11) is -3.67. The molecule has 2 N–H and O–H groups in total. The fourth-order valence-electron chi connectivity index (χ4n) is 2.77. The van der Waals surface area contributed by atoms with Crippen molar-refractivity contribution in [3.05, 3.63) is 23.2 Å². The highest BCUT2D eigenvalue weighted by atomic mass is 35.5. The van der Waals surface area contributed by atoms with Crippen LogP contribution in [0, 0.1) is 5.92 Å². The molecule has 0 aromatic heterocycles. The average molecular weight is 397 g/mol. The van der Waals surface area contributed by atoms with E-state index >= 15 is 0 Å². The molecule has 0 saturated carbocycles. The maximum absolute atomic E-state index is 12.7. The van der Waals surface area contributed by atoms with Crippen LogP contribution in [0.15, 0.2) is 23.1 Å². The SMILES string of the molecule is Cl.O=S(=O)(NC1CCNC1)c1cc(Cl)ccc1OCC1CCOC1. The zero-order valence-electron chi connectivity index (χ0n) is 13.2. The monoisotopic (exact) mass is 396 g/mol. The molecule has 3 rings (SSSR count). The van der Waals surface area contributed by atoms with Gasteiger partial charge in [0.15, 0.2) is 0 Å². The van der Waals surface area contributed by atoms with Crippen molar-refractivity contribution in [3.63, 3.8) is 0 Å². The number of nitrogens with one attached hydrogen (secondary N) is 2. The predicted octanol–water partition coefficient (Wildman–Crippen LogP) is 1.82. The Labute approximate surface area is 153 Å². The van der Waals surface area contributed by atoms with Gasteiger partial charge in [0.2, 0.25) is 10.0 Å². The molecule has 9 heteroatoms. The summed E-state index contributed by atoms with van der Waals surface area (Å²) < 4.78 is 39.1. The quantitative estimate of drug-likeness (QED) is 0.766. The largest absolute Gasteiger partial charge is 0.492 e. The van der Waals surface area contributed by atoms with Crippen LogP contribution in [0.25, 0.3) is 0 Å². The summed E-state index contributed by atoms with van der Waals surface area (Å²) in [4.78, 5) is 0.0933. The van der Waals surface area contributed by atoms with Crippen LogP contribution in [0.4, 0.5) is 0 Å². The summed E-state index contributed by atoms with van der Waals surface area (Å²) in [6.45, 7) is 3.27. The number of rotatable bonds is 6. The lowest BCUT2D eigenvalue weighted by atomic mass is 10.1. The Hall–Kier alpha value is -0.570. The second kappa shape index (κ2) is 8.69. The lowest BCUT2D eigenvalue weighted by molar-refractivity contribution is 0.166. The van der Waals surface area contributed by atoms with Gasteiger partial charge in [0.05, 0.1) is 13.2 Å². The van der Waals surface area contributed by atoms with E-state index in [1.54, 1.807) is 12.1 Å². The molecule has 2 unspecified atom stereocenters. The molecule has 2 aliphatic rings. The van der Waals surface area contributed by atoms with Crippen LogP contribution in [0.5, 0.6) is 5.75 Å². The zero-order valence-corrected chi connectivity index (χ0v) is 15.6. The maximum Gasteiger partial charge on any atom is 0.244 e. The zero-order chi connectivity index (χ0) is 16.3. The van der Waals surface area contributed by atoms with E-state index in [1.165, 1.54) is 6.07 Å². The molecular weight excluding hydrogens is 375 g/mol. The molecule has 2 aliphatic heterocycles. The average Bonchev–Trinajstić information content (AvgIpc) is 3.19. The highest BCUT2D eigenvalue weighted by molar-refractivity contribution is 7.89. The summed E-state index contributed by atoms with van der Waals surface area (Å²) in [6.07, 6.45) is 1.71. The predicted molar refractivity (Wildman–Crippen MR) is 94.7 cm³/mol. The van der Waals surface area contributed by atoms with Crippen molar-refractivity contribution in [1.82, 2.24) is 10.0 Å². The van der Waals surface area contributed by atoms with Crippen molar-refractivity contribution in [3.8, 4) is 5.75 Å². The second-order valence-corrected chi connectivity index (χ2v) is 8.06. The Morgan fingerprint density at radius 2 is 2.21 bits per heavy atom. The van der Waals surface area contributed by atoms with Crippen molar-refractivity contribution >= 4 is 34.0 Å². The smallest absolute Gasteiger partial charge is 0.244 e. The van der Waals surface area contributed by atoms with Gasteiger partial charge in [-0.2, -0.15) is 0 Å². The third kappa shape index (κ3) is 4.97. The standard InChI is InChI=1S/C15H21ClN2O4S.ClH/c16-12-1-2-14(22-10-11-4-6-21-9-11)15(7-12)23(19,20)18-13-3-5-17-8-13;/h1-2,7,11,13,17-18H,3-6,8-10H2;1H. The minimum absolute atomic E-state index is 0. The van der Waals surface area contributed by atoms with E-state index in [0.717, 1.165) is 26.0 Å². The van der Waals surface area contributed by atoms with Crippen LogP contribution < -0.4 is 14.8 Å². The molecule has 1 aromatic carbocycles. The minimum atomic E-state index is -3.67. The van der Waals surface area contributed by atoms with Gasteiger partial charge in [-0.15, -0.1) is 12.4 Å². The van der Waals surface area contributed by atoms with E-state index in [2.05, 4.69) is 10.0 Å². The topological polar surface area (TPSA) is 76.7 Å². The normalized spacial score (nSPS) is 23.9. The van der Waals surface area contributed by atoms with Gasteiger partial charge in [-0.05, 0) is 37.6 Å². The molecule has 0 amide bonds. The van der Waals surface area contributed by atoms with E-state index in [-0.39, 0.29) is 23.3 Å². The Balaban J connectivity index is 0.00000208. The molecular formula is C15H22Cl2N2O4S. The third-order valence-corrected chi connectivity index (χ3v) is 5.85. The summed E-state index contributed by atoms with van der Waals surface area (Å²) >= 11 is 5.99. The van der Waals surface area contributed by atoms with Crippen LogP contribution in [-0.4, -0.2) is 47.4 Å². The first-order valence-electron chi connectivity index (χ1n) is 7.78. The molecule has 0 aliphatic carbocycles. The van der Waals surface area contributed by atoms with E-state index in [1.807, 2.05) is 0 Å². The number of benzene rings is 1. The van der Waals surface area contributed by atoms with E-state index in [9.17, 15) is 8.42 Å². The number of sulfonamides is 1. The summed E-state index contributed by atoms with van der Waals surface area (Å²) in [5.41, 5.74) is 0. The fraction of sp³-hybridized carbons (Fsp3) is 0.600. The third-order valence-electron chi connectivity index (χ3n) is 4.08. The number of hydrogen-bond donors (Lipinski definition) is 2. The van der Waals surface area contributed by atoms with Crippen LogP contribution in [0.2, 0.25) is 5.02 Å². The lowest BCUT2D eigenvalue weighted by Crippen LogP contribution is -2.36. The molecule has 2 saturated heterocycles. The summed E-state index contributed by atoms with van der Waals surface area (Å²) in [5.74, 6) is 0.632. The molecule has 0 radical (unpaired) electrons. The highest BCUT2D eigenvalue weighted by Gasteiger charge is 2.26. The molecule has 2 atom stereocenters. The molecule has 24 heavy (non-hydrogen) atoms. The van der Waals surface area contributed by atoms with E-state index in [0.29, 0.717) is 36.4 Å². The fourth-order valence-corrected chi connectivity index (χ4v) is 4.45. The number of halogens is 2. The minimum Gasteiger partial charge on any atom is -0.492 e. The van der Waals surface area contributed by atoms with Crippen molar-refractivity contribution in [2.24, 2.45) is 5.92 Å². The highest BCUT2D eigenvalue weighted by Crippen LogP contribution is 2.28. The van der Waals surface area contributed by atoms with Gasteiger partial charge in [-0.25, -0.2) is 13.1 Å². The molecule has 2 heterocycles.